The number of ether oxygens (including phenoxy) is 1. The molecule has 0 aliphatic carbocycles. The number of carbonyl (C=O) groups excluding carboxylic acids is 1. The van der Waals surface area contributed by atoms with Crippen LogP contribution in [0.25, 0.3) is 0 Å². The number of hydrogen-bond donors (Lipinski definition) is 0. The molecule has 11 heavy (non-hydrogen) atoms. The van der Waals surface area contributed by atoms with Crippen LogP contribution in [0, 0.1) is 0 Å². The molecule has 0 radical (unpaired) electrons. The van der Waals surface area contributed by atoms with E-state index in [1.54, 1.807) is 0 Å². The van der Waals surface area contributed by atoms with Gasteiger partial charge >= 0.3 is 12.1 Å². The Morgan fingerprint density at radius 3 is 2.18 bits per heavy atom. The lowest BCUT2D eigenvalue weighted by Crippen LogP contribution is -2.19. The van der Waals surface area contributed by atoms with E-state index in [9.17, 15) is 18.0 Å². The molecule has 0 spiro atoms. The Hall–Kier alpha value is -1.26. The van der Waals surface area contributed by atoms with Gasteiger partial charge in [0, 0.05) is 0 Å². The number of rotatable bonds is 2. The van der Waals surface area contributed by atoms with Crippen LogP contribution in [0.4, 0.5) is 13.2 Å². The van der Waals surface area contributed by atoms with Crippen LogP contribution in [-0.2, 0) is 9.53 Å². The summed E-state index contributed by atoms with van der Waals surface area (Å²) in [5.74, 6) is -1.53. The van der Waals surface area contributed by atoms with E-state index in [4.69, 9.17) is 0 Å². The molecule has 0 unspecified atom stereocenters. The van der Waals surface area contributed by atoms with E-state index in [1.807, 2.05) is 0 Å². The maximum Gasteiger partial charge on any atom is 0.422 e. The van der Waals surface area contributed by atoms with Crippen molar-refractivity contribution in [2.24, 2.45) is 0 Å². The Morgan fingerprint density at radius 2 is 1.91 bits per heavy atom. The van der Waals surface area contributed by atoms with Crippen LogP contribution in [0.3, 0.4) is 0 Å². The van der Waals surface area contributed by atoms with Crippen molar-refractivity contribution >= 4 is 5.97 Å². The average Bonchev–Trinajstić information content (AvgIpc) is 1.85. The largest absolute Gasteiger partial charge is 0.432 e. The summed E-state index contributed by atoms with van der Waals surface area (Å²) in [7, 11) is 0. The van der Waals surface area contributed by atoms with Gasteiger partial charge in [0.1, 0.15) is 5.57 Å². The molecular formula is C6H5F3O2. The topological polar surface area (TPSA) is 26.3 Å². The third kappa shape index (κ3) is 2.88. The Labute approximate surface area is 61.0 Å². The first-order chi connectivity index (χ1) is 4.89. The minimum atomic E-state index is -4.74. The molecule has 0 fully saturated rings. The van der Waals surface area contributed by atoms with E-state index in [0.717, 1.165) is 0 Å². The maximum absolute atomic E-state index is 11.6. The van der Waals surface area contributed by atoms with Crippen LogP contribution in [0.2, 0.25) is 0 Å². The summed E-state index contributed by atoms with van der Waals surface area (Å²) < 4.78 is 38.6. The van der Waals surface area contributed by atoms with Gasteiger partial charge in [0.05, 0.1) is 6.26 Å². The maximum atomic E-state index is 11.6. The van der Waals surface area contributed by atoms with E-state index in [-0.39, 0.29) is 0 Å². The quantitative estimate of drug-likeness (QED) is 0.355. The minimum absolute atomic E-state index is 0.610. The predicted octanol–water partition coefficient (Wildman–Crippen LogP) is 1.79. The lowest BCUT2D eigenvalue weighted by molar-refractivity contribution is -0.145. The molecule has 5 heteroatoms. The summed E-state index contributed by atoms with van der Waals surface area (Å²) in [6, 6.07) is 0. The normalized spacial score (nSPS) is 10.5. The zero-order valence-electron chi connectivity index (χ0n) is 5.44. The lowest BCUT2D eigenvalue weighted by Gasteiger charge is -2.06. The van der Waals surface area contributed by atoms with Crippen molar-refractivity contribution in [3.05, 3.63) is 25.0 Å². The number of carbonyl (C=O) groups is 1. The van der Waals surface area contributed by atoms with Crippen molar-refractivity contribution in [2.75, 3.05) is 0 Å². The van der Waals surface area contributed by atoms with Crippen LogP contribution >= 0.6 is 0 Å². The molecule has 0 aliphatic heterocycles. The first-order valence-corrected chi connectivity index (χ1v) is 2.47. The van der Waals surface area contributed by atoms with Crippen molar-refractivity contribution in [3.8, 4) is 0 Å². The Kier molecular flexibility index (Phi) is 2.86. The van der Waals surface area contributed by atoms with Crippen molar-refractivity contribution in [1.82, 2.24) is 0 Å². The fourth-order valence-corrected chi connectivity index (χ4v) is 0.263. The summed E-state index contributed by atoms with van der Waals surface area (Å²) in [6.45, 7) is 5.41. The Bertz CT molecular complexity index is 192. The lowest BCUT2D eigenvalue weighted by atomic mass is 10.3. The number of hydrogen-bond acceptors (Lipinski definition) is 2. The van der Waals surface area contributed by atoms with E-state index in [2.05, 4.69) is 17.9 Å². The molecule has 0 atom stereocenters. The van der Waals surface area contributed by atoms with Crippen LogP contribution < -0.4 is 0 Å². The second-order valence-corrected chi connectivity index (χ2v) is 1.55. The number of alkyl halides is 3. The van der Waals surface area contributed by atoms with Crippen molar-refractivity contribution in [3.63, 3.8) is 0 Å². The van der Waals surface area contributed by atoms with Gasteiger partial charge in [0.2, 0.25) is 0 Å². The predicted molar refractivity (Wildman–Crippen MR) is 31.5 cm³/mol. The summed E-state index contributed by atoms with van der Waals surface area (Å²) in [5, 5.41) is 0. The molecule has 0 bridgehead atoms. The molecular weight excluding hydrogens is 161 g/mol. The molecule has 0 saturated heterocycles. The molecule has 0 aromatic rings. The molecule has 2 nitrogen and oxygen atoms in total. The standard InChI is InChI=1S/C6H5F3O2/c1-3-11-5(10)4(2)6(7,8)9/h3H,1-2H2. The Balaban J connectivity index is 4.26. The van der Waals surface area contributed by atoms with E-state index >= 15 is 0 Å². The fourth-order valence-electron chi connectivity index (χ4n) is 0.263. The SMILES string of the molecule is C=COC(=O)C(=C)C(F)(F)F. The van der Waals surface area contributed by atoms with Crippen LogP contribution in [0.15, 0.2) is 25.0 Å². The highest BCUT2D eigenvalue weighted by Crippen LogP contribution is 2.24. The third-order valence-corrected chi connectivity index (χ3v) is 0.779. The van der Waals surface area contributed by atoms with E-state index < -0.39 is 17.7 Å². The molecule has 0 saturated carbocycles. The van der Waals surface area contributed by atoms with Gasteiger partial charge < -0.3 is 4.74 Å². The van der Waals surface area contributed by atoms with Gasteiger partial charge in [-0.15, -0.1) is 0 Å². The van der Waals surface area contributed by atoms with E-state index in [0.29, 0.717) is 6.26 Å². The zero-order valence-corrected chi connectivity index (χ0v) is 5.44. The van der Waals surface area contributed by atoms with Gasteiger partial charge in [-0.25, -0.2) is 4.79 Å². The molecule has 0 heterocycles. The minimum Gasteiger partial charge on any atom is -0.432 e. The molecule has 0 rings (SSSR count). The number of halogens is 3. The van der Waals surface area contributed by atoms with Gasteiger partial charge in [-0.3, -0.25) is 0 Å². The smallest absolute Gasteiger partial charge is 0.422 e. The van der Waals surface area contributed by atoms with Gasteiger partial charge in [-0.1, -0.05) is 13.2 Å². The average molecular weight is 166 g/mol. The van der Waals surface area contributed by atoms with Crippen molar-refractivity contribution in [2.45, 2.75) is 6.18 Å². The Morgan fingerprint density at radius 1 is 1.45 bits per heavy atom. The summed E-state index contributed by atoms with van der Waals surface area (Å²) in [6.07, 6.45) is -4.13. The van der Waals surface area contributed by atoms with Gasteiger partial charge in [-0.2, -0.15) is 13.2 Å². The molecule has 0 N–H and O–H groups in total. The van der Waals surface area contributed by atoms with E-state index in [1.165, 1.54) is 0 Å². The molecule has 0 aliphatic rings. The van der Waals surface area contributed by atoms with Gasteiger partial charge in [-0.05, 0) is 0 Å². The van der Waals surface area contributed by atoms with Crippen LogP contribution in [-0.4, -0.2) is 12.1 Å². The van der Waals surface area contributed by atoms with Gasteiger partial charge in [0.15, 0.2) is 0 Å². The van der Waals surface area contributed by atoms with Crippen LogP contribution in [0.1, 0.15) is 0 Å². The fraction of sp³-hybridized carbons (Fsp3) is 0.167. The highest BCUT2D eigenvalue weighted by atomic mass is 19.4. The van der Waals surface area contributed by atoms with Gasteiger partial charge in [0.25, 0.3) is 0 Å². The third-order valence-electron chi connectivity index (χ3n) is 0.779. The molecule has 0 amide bonds. The monoisotopic (exact) mass is 166 g/mol. The summed E-state index contributed by atoms with van der Waals surface area (Å²) >= 11 is 0. The highest BCUT2D eigenvalue weighted by Gasteiger charge is 2.37. The highest BCUT2D eigenvalue weighted by molar-refractivity contribution is 5.89. The second kappa shape index (κ2) is 3.23. The first-order valence-electron chi connectivity index (χ1n) is 2.47. The summed E-state index contributed by atoms with van der Waals surface area (Å²) in [5.41, 5.74) is -1.54. The molecule has 0 aromatic heterocycles. The first kappa shape index (κ1) is 9.74. The second-order valence-electron chi connectivity index (χ2n) is 1.55. The van der Waals surface area contributed by atoms with Crippen molar-refractivity contribution < 1.29 is 22.7 Å². The molecule has 0 aromatic carbocycles. The summed E-state index contributed by atoms with van der Waals surface area (Å²) in [4.78, 5) is 10.3. The van der Waals surface area contributed by atoms with Crippen molar-refractivity contribution in [1.29, 1.82) is 0 Å². The zero-order chi connectivity index (χ0) is 9.07. The molecule has 62 valence electrons. The number of esters is 1. The van der Waals surface area contributed by atoms with Crippen LogP contribution in [0.5, 0.6) is 0 Å².